The molecule has 1 saturated heterocycles. The molecule has 0 atom stereocenters. The summed E-state index contributed by atoms with van der Waals surface area (Å²) in [7, 11) is -0.309. The van der Waals surface area contributed by atoms with Crippen LogP contribution in [-0.4, -0.2) is 24.9 Å². The maximum absolute atomic E-state index is 6.04. The highest BCUT2D eigenvalue weighted by Gasteiger charge is 2.51. The second-order valence-corrected chi connectivity index (χ2v) is 5.90. The van der Waals surface area contributed by atoms with Gasteiger partial charge in [0.25, 0.3) is 0 Å². The maximum atomic E-state index is 6.04. The Kier molecular flexibility index (Phi) is 3.86. The molecule has 1 aliphatic heterocycles. The zero-order valence-corrected chi connectivity index (χ0v) is 12.1. The number of hydrogen-bond acceptors (Lipinski definition) is 3. The molecule has 19 heavy (non-hydrogen) atoms. The molecule has 0 radical (unpaired) electrons. The molecular weight excluding hydrogens is 237 g/mol. The third kappa shape index (κ3) is 2.91. The first-order valence-electron chi connectivity index (χ1n) is 6.68. The third-order valence-electron chi connectivity index (χ3n) is 3.88. The van der Waals surface area contributed by atoms with Gasteiger partial charge < -0.3 is 15.0 Å². The fourth-order valence-electron chi connectivity index (χ4n) is 1.99. The van der Waals surface area contributed by atoms with Gasteiger partial charge in [-0.2, -0.15) is 0 Å². The van der Waals surface area contributed by atoms with Crippen LogP contribution in [0.25, 0.3) is 6.08 Å². The molecule has 2 rings (SSSR count). The molecule has 0 aliphatic carbocycles. The van der Waals surface area contributed by atoms with Crippen molar-refractivity contribution < 1.29 is 9.31 Å². The normalized spacial score (nSPS) is 21.2. The second-order valence-electron chi connectivity index (χ2n) is 5.90. The molecule has 0 unspecified atom stereocenters. The van der Waals surface area contributed by atoms with Crippen molar-refractivity contribution in [3.8, 4) is 0 Å². The van der Waals surface area contributed by atoms with E-state index in [2.05, 4.69) is 33.8 Å². The summed E-state index contributed by atoms with van der Waals surface area (Å²) in [5.41, 5.74) is 7.01. The summed E-state index contributed by atoms with van der Waals surface area (Å²) in [6.45, 7) is 8.79. The van der Waals surface area contributed by atoms with Crippen LogP contribution in [0.2, 0.25) is 0 Å². The molecule has 3 nitrogen and oxygen atoms in total. The van der Waals surface area contributed by atoms with Crippen LogP contribution >= 0.6 is 0 Å². The van der Waals surface area contributed by atoms with Crippen LogP contribution < -0.4 is 11.2 Å². The largest absolute Gasteiger partial charge is 0.494 e. The zero-order valence-electron chi connectivity index (χ0n) is 12.1. The van der Waals surface area contributed by atoms with E-state index in [0.717, 1.165) is 11.0 Å². The van der Waals surface area contributed by atoms with Crippen molar-refractivity contribution in [2.45, 2.75) is 38.9 Å². The second kappa shape index (κ2) is 5.12. The maximum Gasteiger partial charge on any atom is 0.494 e. The molecule has 2 N–H and O–H groups in total. The van der Waals surface area contributed by atoms with Crippen molar-refractivity contribution in [1.29, 1.82) is 0 Å². The van der Waals surface area contributed by atoms with Crippen molar-refractivity contribution in [3.05, 3.63) is 35.9 Å². The van der Waals surface area contributed by atoms with Gasteiger partial charge in [-0.3, -0.25) is 0 Å². The molecular formula is C15H22BNO2. The molecule has 1 aromatic rings. The van der Waals surface area contributed by atoms with Crippen LogP contribution in [0.15, 0.2) is 30.3 Å². The molecule has 4 heteroatoms. The fraction of sp³-hybridized carbons (Fsp3) is 0.467. The van der Waals surface area contributed by atoms with Gasteiger partial charge in [0.05, 0.1) is 11.2 Å². The first kappa shape index (κ1) is 14.3. The lowest BCUT2D eigenvalue weighted by Gasteiger charge is -2.32. The Bertz CT molecular complexity index is 467. The summed E-state index contributed by atoms with van der Waals surface area (Å²) in [4.78, 5) is 0. The van der Waals surface area contributed by atoms with Crippen molar-refractivity contribution in [2.24, 2.45) is 5.73 Å². The Balaban J connectivity index is 2.22. The molecule has 0 amide bonds. The lowest BCUT2D eigenvalue weighted by Crippen LogP contribution is -2.41. The molecule has 0 spiro atoms. The van der Waals surface area contributed by atoms with Crippen LogP contribution in [0.3, 0.4) is 0 Å². The van der Waals surface area contributed by atoms with E-state index in [1.54, 1.807) is 0 Å². The topological polar surface area (TPSA) is 44.5 Å². The Labute approximate surface area is 115 Å². The lowest BCUT2D eigenvalue weighted by atomic mass is 9.78. The van der Waals surface area contributed by atoms with Gasteiger partial charge in [-0.15, -0.1) is 0 Å². The first-order valence-corrected chi connectivity index (χ1v) is 6.68. The average Bonchev–Trinajstić information content (AvgIpc) is 2.56. The van der Waals surface area contributed by atoms with E-state index < -0.39 is 0 Å². The molecule has 0 aromatic heterocycles. The van der Waals surface area contributed by atoms with E-state index >= 15 is 0 Å². The zero-order chi connectivity index (χ0) is 14.1. The van der Waals surface area contributed by atoms with Crippen LogP contribution in [0.1, 0.15) is 33.3 Å². The predicted octanol–water partition coefficient (Wildman–Crippen LogP) is 1.96. The Hall–Kier alpha value is -1.10. The predicted molar refractivity (Wildman–Crippen MR) is 80.2 cm³/mol. The fourth-order valence-corrected chi connectivity index (χ4v) is 1.99. The van der Waals surface area contributed by atoms with Gasteiger partial charge in [-0.1, -0.05) is 36.4 Å². The highest BCUT2D eigenvalue weighted by atomic mass is 16.7. The summed E-state index contributed by atoms with van der Waals surface area (Å²) in [6.07, 6.45) is 3.94. The van der Waals surface area contributed by atoms with Crippen LogP contribution in [0.4, 0.5) is 0 Å². The molecule has 0 bridgehead atoms. The van der Waals surface area contributed by atoms with Crippen molar-refractivity contribution in [2.75, 3.05) is 6.54 Å². The van der Waals surface area contributed by atoms with Crippen LogP contribution in [0.5, 0.6) is 0 Å². The van der Waals surface area contributed by atoms with Crippen LogP contribution in [0, 0.1) is 0 Å². The summed E-state index contributed by atoms with van der Waals surface area (Å²) < 4.78 is 12.1. The number of rotatable bonds is 3. The molecule has 1 aromatic carbocycles. The van der Waals surface area contributed by atoms with E-state index in [0.29, 0.717) is 6.54 Å². The minimum atomic E-state index is -0.309. The van der Waals surface area contributed by atoms with Crippen molar-refractivity contribution >= 4 is 18.7 Å². The average molecular weight is 259 g/mol. The number of nitrogens with two attached hydrogens (primary N) is 1. The van der Waals surface area contributed by atoms with Gasteiger partial charge in [-0.05, 0) is 38.7 Å². The monoisotopic (exact) mass is 259 g/mol. The summed E-state index contributed by atoms with van der Waals surface area (Å²) in [5.74, 6) is 0. The molecule has 1 aliphatic rings. The molecule has 102 valence electrons. The van der Waals surface area contributed by atoms with E-state index in [4.69, 9.17) is 15.0 Å². The minimum Gasteiger partial charge on any atom is -0.399 e. The van der Waals surface area contributed by atoms with E-state index in [1.807, 2.05) is 30.4 Å². The molecule has 1 heterocycles. The van der Waals surface area contributed by atoms with Crippen molar-refractivity contribution in [3.63, 3.8) is 0 Å². The van der Waals surface area contributed by atoms with Gasteiger partial charge in [0.1, 0.15) is 0 Å². The number of benzene rings is 1. The lowest BCUT2D eigenvalue weighted by molar-refractivity contribution is 0.00578. The molecule has 0 saturated carbocycles. The van der Waals surface area contributed by atoms with E-state index in [9.17, 15) is 0 Å². The standard InChI is InChI=1S/C15H22BNO2/c1-14(2)15(3,4)19-16(18-14)13-9-5-7-12(11-13)8-6-10-17/h5-9,11H,10,17H2,1-4H3. The summed E-state index contributed by atoms with van der Waals surface area (Å²) in [5, 5.41) is 0. The Morgan fingerprint density at radius 1 is 1.16 bits per heavy atom. The first-order chi connectivity index (χ1) is 8.86. The van der Waals surface area contributed by atoms with E-state index in [1.165, 1.54) is 0 Å². The van der Waals surface area contributed by atoms with Gasteiger partial charge >= 0.3 is 7.12 Å². The highest BCUT2D eigenvalue weighted by Crippen LogP contribution is 2.36. The molecule has 1 fully saturated rings. The third-order valence-corrected chi connectivity index (χ3v) is 3.88. The Morgan fingerprint density at radius 3 is 2.37 bits per heavy atom. The quantitative estimate of drug-likeness (QED) is 0.844. The van der Waals surface area contributed by atoms with Gasteiger partial charge in [0.15, 0.2) is 0 Å². The van der Waals surface area contributed by atoms with Gasteiger partial charge in [0.2, 0.25) is 0 Å². The van der Waals surface area contributed by atoms with Crippen LogP contribution in [-0.2, 0) is 9.31 Å². The summed E-state index contributed by atoms with van der Waals surface area (Å²) in [6, 6.07) is 8.16. The van der Waals surface area contributed by atoms with Crippen molar-refractivity contribution in [1.82, 2.24) is 0 Å². The highest BCUT2D eigenvalue weighted by molar-refractivity contribution is 6.62. The summed E-state index contributed by atoms with van der Waals surface area (Å²) >= 11 is 0. The van der Waals surface area contributed by atoms with E-state index in [-0.39, 0.29) is 18.3 Å². The number of hydrogen-bond donors (Lipinski definition) is 1. The smallest absolute Gasteiger partial charge is 0.399 e. The van der Waals surface area contributed by atoms with Gasteiger partial charge in [0, 0.05) is 6.54 Å². The SMILES string of the molecule is CC1(C)OB(c2cccc(C=CCN)c2)OC1(C)C. The van der Waals surface area contributed by atoms with Gasteiger partial charge in [-0.25, -0.2) is 0 Å². The minimum absolute atomic E-state index is 0.305. The Morgan fingerprint density at radius 2 is 1.79 bits per heavy atom.